The van der Waals surface area contributed by atoms with E-state index in [1.807, 2.05) is 161 Å². The minimum absolute atomic E-state index is 0.121. The van der Waals surface area contributed by atoms with Crippen LogP contribution in [0.15, 0.2) is 193 Å². The lowest BCUT2D eigenvalue weighted by Gasteiger charge is -2.26. The Kier molecular flexibility index (Phi) is 16.9. The van der Waals surface area contributed by atoms with Crippen LogP contribution in [-0.2, 0) is 0 Å². The molecule has 0 saturated carbocycles. The van der Waals surface area contributed by atoms with Crippen LogP contribution in [0.4, 0.5) is 0 Å². The molecule has 0 amide bonds. The minimum Gasteiger partial charge on any atom is -0.317 e. The van der Waals surface area contributed by atoms with Crippen molar-refractivity contribution in [2.45, 2.75) is 48.0 Å². The maximum Gasteiger partial charge on any atom is 0.0959 e. The molecule has 0 spiro atoms. The SMILES string of the molecule is C=CC(/C=C\C)=C(C=C)/C(=C\C)N(/C=C/C=C(\C=C/C)/C=C/C1=C/C/C(C#N)=c2/cccc/c2=C(\C#N)C(C)/C=C\1)C(=C)/C=C\C(C)=C/C. The summed E-state index contributed by atoms with van der Waals surface area (Å²) in [5, 5.41) is 21.7. The van der Waals surface area contributed by atoms with Gasteiger partial charge in [0.2, 0.25) is 0 Å². The number of fused-ring (bicyclic) bond motifs is 1. The number of benzene rings is 1. The largest absolute Gasteiger partial charge is 0.317 e. The molecular weight excluding hydrogens is 595 g/mol. The van der Waals surface area contributed by atoms with Crippen LogP contribution in [0.5, 0.6) is 0 Å². The van der Waals surface area contributed by atoms with Gasteiger partial charge in [-0.1, -0.05) is 148 Å². The summed E-state index contributed by atoms with van der Waals surface area (Å²) in [5.41, 5.74) is 7.95. The third-order valence-corrected chi connectivity index (χ3v) is 7.92. The summed E-state index contributed by atoms with van der Waals surface area (Å²) >= 11 is 0. The second kappa shape index (κ2) is 21.1. The van der Waals surface area contributed by atoms with Crippen LogP contribution in [0.2, 0.25) is 0 Å². The number of rotatable bonds is 13. The van der Waals surface area contributed by atoms with Crippen molar-refractivity contribution in [2.75, 3.05) is 0 Å². The van der Waals surface area contributed by atoms with Gasteiger partial charge in [0.1, 0.15) is 0 Å². The van der Waals surface area contributed by atoms with Crippen molar-refractivity contribution in [3.63, 3.8) is 0 Å². The lowest BCUT2D eigenvalue weighted by Crippen LogP contribution is -2.30. The van der Waals surface area contributed by atoms with Gasteiger partial charge in [0, 0.05) is 46.7 Å². The summed E-state index contributed by atoms with van der Waals surface area (Å²) in [4.78, 5) is 2.05. The summed E-state index contributed by atoms with van der Waals surface area (Å²) in [5.74, 6) is -0.121. The Morgan fingerprint density at radius 1 is 0.898 bits per heavy atom. The Morgan fingerprint density at radius 3 is 2.20 bits per heavy atom. The highest BCUT2D eigenvalue weighted by Gasteiger charge is 2.14. The molecule has 0 heterocycles. The number of hydrogen-bond donors (Lipinski definition) is 0. The van der Waals surface area contributed by atoms with Gasteiger partial charge in [0.15, 0.2) is 0 Å². The molecule has 0 aliphatic heterocycles. The van der Waals surface area contributed by atoms with Gasteiger partial charge in [0.25, 0.3) is 0 Å². The van der Waals surface area contributed by atoms with Crippen LogP contribution in [0.3, 0.4) is 0 Å². The van der Waals surface area contributed by atoms with Gasteiger partial charge in [-0.3, -0.25) is 0 Å². The predicted octanol–water partition coefficient (Wildman–Crippen LogP) is 10.6. The first-order valence-corrected chi connectivity index (χ1v) is 16.5. The minimum atomic E-state index is -0.121. The van der Waals surface area contributed by atoms with Crippen molar-refractivity contribution < 1.29 is 0 Å². The molecule has 1 aliphatic rings. The molecule has 2 rings (SSSR count). The first-order chi connectivity index (χ1) is 23.7. The van der Waals surface area contributed by atoms with E-state index in [1.54, 1.807) is 0 Å². The van der Waals surface area contributed by atoms with Crippen LogP contribution in [0.1, 0.15) is 48.0 Å². The zero-order chi connectivity index (χ0) is 36.2. The van der Waals surface area contributed by atoms with Crippen LogP contribution >= 0.6 is 0 Å². The molecule has 0 aromatic heterocycles. The standard InChI is InChI=1S/C46H49N3/c1-10-19-38(28-29-39-27-25-36(8)45(34-48)44-23-17-16-22-43(44)41(33-47)31-30-39)21-18-32-49(37(9)26-24-35(7)12-3)46(15-6)42(14-5)40(13-4)20-11-2/h10-30,32,36H,4-5,9,31H2,1-3,6-8H3/b19-10-,20-11-,26-24-,27-25-,29-28+,32-18+,35-12-,38-21+,39-30+,42-40-,43-41+,45-44-,46-15+. The highest BCUT2D eigenvalue weighted by Crippen LogP contribution is 2.26. The highest BCUT2D eigenvalue weighted by atomic mass is 15.1. The number of allylic oxidation sites excluding steroid dienone is 21. The molecule has 1 aromatic carbocycles. The first-order valence-electron chi connectivity index (χ1n) is 16.5. The van der Waals surface area contributed by atoms with Gasteiger partial charge in [-0.2, -0.15) is 10.5 Å². The van der Waals surface area contributed by atoms with Gasteiger partial charge in [0.05, 0.1) is 12.1 Å². The van der Waals surface area contributed by atoms with E-state index in [2.05, 4.69) is 51.0 Å². The van der Waals surface area contributed by atoms with Crippen LogP contribution < -0.4 is 10.4 Å². The van der Waals surface area contributed by atoms with Crippen molar-refractivity contribution in [3.05, 3.63) is 203 Å². The Balaban J connectivity index is 2.64. The normalized spacial score (nSPS) is 20.9. The molecule has 1 atom stereocenters. The zero-order valence-electron chi connectivity index (χ0n) is 29.9. The van der Waals surface area contributed by atoms with E-state index in [4.69, 9.17) is 0 Å². The maximum atomic E-state index is 10.0. The molecule has 0 N–H and O–H groups in total. The molecule has 0 radical (unpaired) electrons. The van der Waals surface area contributed by atoms with E-state index in [0.29, 0.717) is 17.6 Å². The van der Waals surface area contributed by atoms with Crippen LogP contribution in [-0.4, -0.2) is 4.90 Å². The van der Waals surface area contributed by atoms with E-state index in [1.165, 1.54) is 0 Å². The van der Waals surface area contributed by atoms with Crippen molar-refractivity contribution >= 4 is 11.1 Å². The highest BCUT2D eigenvalue weighted by molar-refractivity contribution is 5.69. The fourth-order valence-corrected chi connectivity index (χ4v) is 5.14. The fourth-order valence-electron chi connectivity index (χ4n) is 5.14. The third kappa shape index (κ3) is 11.4. The Bertz CT molecular complexity index is 1950. The topological polar surface area (TPSA) is 50.8 Å². The van der Waals surface area contributed by atoms with Gasteiger partial charge in [-0.25, -0.2) is 0 Å². The number of hydrogen-bond acceptors (Lipinski definition) is 3. The quantitative estimate of drug-likeness (QED) is 0.201. The summed E-state index contributed by atoms with van der Waals surface area (Å²) in [7, 11) is 0. The average Bonchev–Trinajstić information content (AvgIpc) is 3.12. The van der Waals surface area contributed by atoms with Crippen molar-refractivity contribution in [1.29, 1.82) is 10.5 Å². The second-order valence-electron chi connectivity index (χ2n) is 11.2. The molecule has 0 fully saturated rings. The van der Waals surface area contributed by atoms with Gasteiger partial charge in [-0.05, 0) is 73.9 Å². The molecular formula is C46H49N3. The molecule has 49 heavy (non-hydrogen) atoms. The number of nitrogens with zero attached hydrogens (tertiary/aromatic N) is 3. The van der Waals surface area contributed by atoms with Crippen LogP contribution in [0.25, 0.3) is 11.1 Å². The Hall–Kier alpha value is -5.90. The van der Waals surface area contributed by atoms with Crippen molar-refractivity contribution in [3.8, 4) is 12.1 Å². The molecule has 0 saturated heterocycles. The molecule has 1 unspecified atom stereocenters. The molecule has 0 bridgehead atoms. The average molecular weight is 644 g/mol. The lowest BCUT2D eigenvalue weighted by molar-refractivity contribution is 0.607. The van der Waals surface area contributed by atoms with E-state index < -0.39 is 0 Å². The van der Waals surface area contributed by atoms with Crippen molar-refractivity contribution in [1.82, 2.24) is 4.90 Å². The van der Waals surface area contributed by atoms with E-state index in [-0.39, 0.29) is 5.92 Å². The first kappa shape index (κ1) is 39.3. The molecule has 3 nitrogen and oxygen atoms in total. The summed E-state index contributed by atoms with van der Waals surface area (Å²) in [6, 6.07) is 12.4. The van der Waals surface area contributed by atoms with Crippen LogP contribution in [0, 0.1) is 28.6 Å². The third-order valence-electron chi connectivity index (χ3n) is 7.92. The van der Waals surface area contributed by atoms with Gasteiger partial charge >= 0.3 is 0 Å². The van der Waals surface area contributed by atoms with Gasteiger partial charge in [-0.15, -0.1) is 0 Å². The second-order valence-corrected chi connectivity index (χ2v) is 11.2. The van der Waals surface area contributed by atoms with E-state index in [0.717, 1.165) is 49.7 Å². The molecule has 1 aliphatic carbocycles. The molecule has 248 valence electrons. The number of nitriles is 2. The van der Waals surface area contributed by atoms with Gasteiger partial charge < -0.3 is 4.90 Å². The molecule has 1 aromatic rings. The Labute approximate surface area is 295 Å². The fraction of sp³-hybridized carbons (Fsp3) is 0.174. The Morgan fingerprint density at radius 2 is 1.61 bits per heavy atom. The molecule has 3 heteroatoms. The smallest absolute Gasteiger partial charge is 0.0959 e. The summed E-state index contributed by atoms with van der Waals surface area (Å²) < 4.78 is 0. The maximum absolute atomic E-state index is 10.0. The van der Waals surface area contributed by atoms with E-state index >= 15 is 0 Å². The van der Waals surface area contributed by atoms with Crippen molar-refractivity contribution in [2.24, 2.45) is 5.92 Å². The van der Waals surface area contributed by atoms with E-state index in [9.17, 15) is 10.5 Å². The summed E-state index contributed by atoms with van der Waals surface area (Å²) in [6.07, 6.45) is 36.6. The predicted molar refractivity (Wildman–Crippen MR) is 211 cm³/mol. The monoisotopic (exact) mass is 643 g/mol. The summed E-state index contributed by atoms with van der Waals surface area (Å²) in [6.45, 7) is 24.6. The zero-order valence-corrected chi connectivity index (χ0v) is 29.9. The lowest BCUT2D eigenvalue weighted by atomic mass is 9.94.